The summed E-state index contributed by atoms with van der Waals surface area (Å²) in [5, 5.41) is 3.47. The van der Waals surface area contributed by atoms with Crippen LogP contribution < -0.4 is 10.2 Å². The highest BCUT2D eigenvalue weighted by molar-refractivity contribution is 9.10. The highest BCUT2D eigenvalue weighted by Crippen LogP contribution is 2.34. The van der Waals surface area contributed by atoms with Crippen LogP contribution in [0.1, 0.15) is 52.1 Å². The molecule has 0 bridgehead atoms. The van der Waals surface area contributed by atoms with E-state index in [0.717, 1.165) is 6.54 Å². The van der Waals surface area contributed by atoms with Crippen molar-refractivity contribution in [3.8, 4) is 0 Å². The normalized spacial score (nSPS) is 19.9. The number of anilines is 1. The van der Waals surface area contributed by atoms with E-state index < -0.39 is 0 Å². The summed E-state index contributed by atoms with van der Waals surface area (Å²) < 4.78 is 1.22. The molecule has 2 rings (SSSR count). The Hall–Kier alpha value is -0.540. The van der Waals surface area contributed by atoms with Gasteiger partial charge in [0.25, 0.3) is 0 Å². The van der Waals surface area contributed by atoms with Crippen LogP contribution in [0.15, 0.2) is 22.7 Å². The Balaban J connectivity index is 2.09. The van der Waals surface area contributed by atoms with Gasteiger partial charge in [-0.1, -0.05) is 42.8 Å². The number of hydrogen-bond donors (Lipinski definition) is 1. The van der Waals surface area contributed by atoms with Gasteiger partial charge >= 0.3 is 0 Å². The molecule has 0 aliphatic carbocycles. The number of halogens is 1. The maximum absolute atomic E-state index is 3.74. The van der Waals surface area contributed by atoms with Crippen LogP contribution in [0, 0.1) is 5.41 Å². The molecular formula is C17H27BrN2. The molecule has 1 fully saturated rings. The molecule has 1 saturated heterocycles. The fraction of sp³-hybridized carbons (Fsp3) is 0.647. The van der Waals surface area contributed by atoms with Gasteiger partial charge < -0.3 is 10.2 Å². The number of rotatable bonds is 4. The SMILES string of the molecule is CCNC(C)c1ccc(N2CCC(C)(C)CC2)cc1Br. The van der Waals surface area contributed by atoms with E-state index in [1.165, 1.54) is 41.7 Å². The average molecular weight is 339 g/mol. The third-order valence-corrected chi connectivity index (χ3v) is 5.13. The maximum Gasteiger partial charge on any atom is 0.0377 e. The van der Waals surface area contributed by atoms with E-state index in [4.69, 9.17) is 0 Å². The van der Waals surface area contributed by atoms with E-state index in [9.17, 15) is 0 Å². The lowest BCUT2D eigenvalue weighted by Crippen LogP contribution is -2.37. The predicted molar refractivity (Wildman–Crippen MR) is 91.5 cm³/mol. The molecule has 1 aliphatic rings. The number of benzene rings is 1. The van der Waals surface area contributed by atoms with Crippen molar-refractivity contribution < 1.29 is 0 Å². The smallest absolute Gasteiger partial charge is 0.0377 e. The average Bonchev–Trinajstić information content (AvgIpc) is 2.38. The Bertz CT molecular complexity index is 446. The first kappa shape index (κ1) is 15.8. The van der Waals surface area contributed by atoms with Crippen LogP contribution in [0.25, 0.3) is 0 Å². The third kappa shape index (κ3) is 3.76. The minimum Gasteiger partial charge on any atom is -0.371 e. The van der Waals surface area contributed by atoms with Crippen LogP contribution in [0.4, 0.5) is 5.69 Å². The molecule has 1 aromatic rings. The van der Waals surface area contributed by atoms with Gasteiger partial charge in [0.05, 0.1) is 0 Å². The minimum absolute atomic E-state index is 0.392. The Morgan fingerprint density at radius 3 is 2.50 bits per heavy atom. The molecule has 1 aliphatic heterocycles. The van der Waals surface area contributed by atoms with Crippen molar-refractivity contribution in [2.24, 2.45) is 5.41 Å². The first-order valence-electron chi connectivity index (χ1n) is 7.71. The first-order chi connectivity index (χ1) is 9.43. The maximum atomic E-state index is 3.74. The van der Waals surface area contributed by atoms with Crippen molar-refractivity contribution in [1.29, 1.82) is 0 Å². The van der Waals surface area contributed by atoms with Crippen LogP contribution >= 0.6 is 15.9 Å². The first-order valence-corrected chi connectivity index (χ1v) is 8.50. The second-order valence-electron chi connectivity index (χ2n) is 6.64. The summed E-state index contributed by atoms with van der Waals surface area (Å²) in [5.41, 5.74) is 3.19. The summed E-state index contributed by atoms with van der Waals surface area (Å²) >= 11 is 3.74. The molecule has 20 heavy (non-hydrogen) atoms. The molecule has 0 spiro atoms. The summed E-state index contributed by atoms with van der Waals surface area (Å²) in [4.78, 5) is 2.51. The van der Waals surface area contributed by atoms with Gasteiger partial charge in [0.2, 0.25) is 0 Å². The lowest BCUT2D eigenvalue weighted by molar-refractivity contribution is 0.280. The number of piperidine rings is 1. The van der Waals surface area contributed by atoms with Gasteiger partial charge in [0.1, 0.15) is 0 Å². The molecule has 1 unspecified atom stereocenters. The van der Waals surface area contributed by atoms with Crippen LogP contribution in [0.5, 0.6) is 0 Å². The van der Waals surface area contributed by atoms with Crippen molar-refractivity contribution in [2.75, 3.05) is 24.5 Å². The van der Waals surface area contributed by atoms with Crippen molar-refractivity contribution >= 4 is 21.6 Å². The monoisotopic (exact) mass is 338 g/mol. The Kier molecular flexibility index (Phi) is 5.14. The van der Waals surface area contributed by atoms with Crippen LogP contribution in [-0.4, -0.2) is 19.6 Å². The van der Waals surface area contributed by atoms with Crippen molar-refractivity contribution in [1.82, 2.24) is 5.32 Å². The zero-order chi connectivity index (χ0) is 14.8. The molecule has 1 atom stereocenters. The predicted octanol–water partition coefficient (Wildman–Crippen LogP) is 4.75. The molecule has 1 aromatic carbocycles. The van der Waals surface area contributed by atoms with Crippen molar-refractivity contribution in [3.05, 3.63) is 28.2 Å². The van der Waals surface area contributed by atoms with Gasteiger partial charge in [-0.15, -0.1) is 0 Å². The number of nitrogens with one attached hydrogen (secondary N) is 1. The minimum atomic E-state index is 0.392. The fourth-order valence-electron chi connectivity index (χ4n) is 2.85. The number of nitrogens with zero attached hydrogens (tertiary/aromatic N) is 1. The molecule has 2 nitrogen and oxygen atoms in total. The largest absolute Gasteiger partial charge is 0.371 e. The van der Waals surface area contributed by atoms with E-state index >= 15 is 0 Å². The lowest BCUT2D eigenvalue weighted by atomic mass is 9.82. The topological polar surface area (TPSA) is 15.3 Å². The highest BCUT2D eigenvalue weighted by Gasteiger charge is 2.25. The molecule has 112 valence electrons. The summed E-state index contributed by atoms with van der Waals surface area (Å²) in [6.07, 6.45) is 2.56. The van der Waals surface area contributed by atoms with Gasteiger partial charge in [0.15, 0.2) is 0 Å². The molecule has 0 aromatic heterocycles. The van der Waals surface area contributed by atoms with Gasteiger partial charge in [-0.2, -0.15) is 0 Å². The number of hydrogen-bond acceptors (Lipinski definition) is 2. The molecule has 1 heterocycles. The van der Waals surface area contributed by atoms with E-state index in [1.54, 1.807) is 0 Å². The standard InChI is InChI=1S/C17H27BrN2/c1-5-19-13(2)15-7-6-14(12-16(15)18)20-10-8-17(3,4)9-11-20/h6-7,12-13,19H,5,8-11H2,1-4H3. The fourth-order valence-corrected chi connectivity index (χ4v) is 3.56. The van der Waals surface area contributed by atoms with Gasteiger partial charge in [-0.05, 0) is 49.4 Å². The van der Waals surface area contributed by atoms with E-state index in [1.807, 2.05) is 0 Å². The zero-order valence-corrected chi connectivity index (χ0v) is 14.8. The molecule has 1 N–H and O–H groups in total. The van der Waals surface area contributed by atoms with Crippen molar-refractivity contribution in [2.45, 2.75) is 46.6 Å². The van der Waals surface area contributed by atoms with E-state index in [0.29, 0.717) is 11.5 Å². The molecule has 3 heteroatoms. The van der Waals surface area contributed by atoms with E-state index in [-0.39, 0.29) is 0 Å². The molecule has 0 saturated carbocycles. The summed E-state index contributed by atoms with van der Waals surface area (Å²) in [6, 6.07) is 7.20. The molecule has 0 amide bonds. The summed E-state index contributed by atoms with van der Waals surface area (Å²) in [7, 11) is 0. The van der Waals surface area contributed by atoms with Gasteiger partial charge in [0, 0.05) is 29.3 Å². The Morgan fingerprint density at radius 2 is 1.95 bits per heavy atom. The Labute approximate surface area is 132 Å². The van der Waals surface area contributed by atoms with Gasteiger partial charge in [-0.3, -0.25) is 0 Å². The van der Waals surface area contributed by atoms with Crippen molar-refractivity contribution in [3.63, 3.8) is 0 Å². The summed E-state index contributed by atoms with van der Waals surface area (Å²) in [5.74, 6) is 0. The second kappa shape index (κ2) is 6.48. The van der Waals surface area contributed by atoms with Crippen LogP contribution in [0.3, 0.4) is 0 Å². The van der Waals surface area contributed by atoms with Crippen LogP contribution in [0.2, 0.25) is 0 Å². The second-order valence-corrected chi connectivity index (χ2v) is 7.49. The highest BCUT2D eigenvalue weighted by atomic mass is 79.9. The Morgan fingerprint density at radius 1 is 1.30 bits per heavy atom. The molecular weight excluding hydrogens is 312 g/mol. The lowest BCUT2D eigenvalue weighted by Gasteiger charge is -2.38. The van der Waals surface area contributed by atoms with E-state index in [2.05, 4.69) is 72.0 Å². The summed E-state index contributed by atoms with van der Waals surface area (Å²) in [6.45, 7) is 12.4. The zero-order valence-electron chi connectivity index (χ0n) is 13.2. The third-order valence-electron chi connectivity index (χ3n) is 4.44. The molecule has 0 radical (unpaired) electrons. The van der Waals surface area contributed by atoms with Crippen LogP contribution in [-0.2, 0) is 0 Å². The quantitative estimate of drug-likeness (QED) is 0.852. The van der Waals surface area contributed by atoms with Gasteiger partial charge in [-0.25, -0.2) is 0 Å².